The van der Waals surface area contributed by atoms with E-state index in [9.17, 15) is 18.3 Å². The molecule has 10 heteroatoms. The average molecular weight is 483 g/mol. The second-order valence-corrected chi connectivity index (χ2v) is 9.57. The highest BCUT2D eigenvalue weighted by Gasteiger charge is 2.46. The second kappa shape index (κ2) is 8.46. The number of H-pyrrole nitrogens is 1. The summed E-state index contributed by atoms with van der Waals surface area (Å²) in [4.78, 5) is 1.87. The van der Waals surface area contributed by atoms with Crippen LogP contribution in [0.3, 0.4) is 0 Å². The Balaban J connectivity index is 1.16. The van der Waals surface area contributed by atoms with Crippen molar-refractivity contribution in [1.29, 1.82) is 0 Å². The fourth-order valence-corrected chi connectivity index (χ4v) is 5.70. The van der Waals surface area contributed by atoms with Gasteiger partial charge >= 0.3 is 6.18 Å². The Kier molecular flexibility index (Phi) is 5.37. The standard InChI is InChI=1S/C25H25F3N6O/c26-25(27,28)23(35)14-33-18-9-10-19(33)12-16(11-18)15-5-7-17(8-6-15)34-13-22(30-32-34)24-20-3-1-2-4-21(20)29-31-24/h1-8,13,16,18-19,23,35H,9-12,14H2,(H,29,31). The van der Waals surface area contributed by atoms with Crippen molar-refractivity contribution in [3.05, 3.63) is 60.3 Å². The molecule has 35 heavy (non-hydrogen) atoms. The van der Waals surface area contributed by atoms with Crippen LogP contribution in [0.4, 0.5) is 13.2 Å². The normalized spacial score (nSPS) is 23.7. The van der Waals surface area contributed by atoms with Gasteiger partial charge in [0.15, 0.2) is 6.10 Å². The zero-order valence-corrected chi connectivity index (χ0v) is 18.9. The molecule has 2 aliphatic heterocycles. The molecule has 0 aliphatic carbocycles. The smallest absolute Gasteiger partial charge is 0.382 e. The molecule has 2 aromatic carbocycles. The van der Waals surface area contributed by atoms with E-state index in [0.717, 1.165) is 48.0 Å². The summed E-state index contributed by atoms with van der Waals surface area (Å²) < 4.78 is 40.3. The van der Waals surface area contributed by atoms with Crippen molar-refractivity contribution in [1.82, 2.24) is 30.1 Å². The van der Waals surface area contributed by atoms with Gasteiger partial charge in [-0.1, -0.05) is 35.5 Å². The largest absolute Gasteiger partial charge is 0.415 e. The SMILES string of the molecule is OC(CN1C2CCC1CC(c1ccc(-n3cc(-c4n[nH]c5ccccc45)nn3)cc1)C2)C(F)(F)F. The number of aromatic nitrogens is 5. The minimum Gasteiger partial charge on any atom is -0.382 e. The Morgan fingerprint density at radius 1 is 1.03 bits per heavy atom. The fraction of sp³-hybridized carbons (Fsp3) is 0.400. The van der Waals surface area contributed by atoms with E-state index in [2.05, 4.69) is 32.6 Å². The van der Waals surface area contributed by atoms with Crippen LogP contribution in [-0.2, 0) is 0 Å². The van der Waals surface area contributed by atoms with Crippen molar-refractivity contribution in [2.45, 2.75) is 56.0 Å². The Hall–Kier alpha value is -3.24. The molecule has 6 rings (SSSR count). The number of piperidine rings is 1. The van der Waals surface area contributed by atoms with E-state index in [4.69, 9.17) is 0 Å². The van der Waals surface area contributed by atoms with E-state index < -0.39 is 12.3 Å². The summed E-state index contributed by atoms with van der Waals surface area (Å²) in [7, 11) is 0. The van der Waals surface area contributed by atoms with Crippen LogP contribution in [0.5, 0.6) is 0 Å². The third-order valence-electron chi connectivity index (χ3n) is 7.48. The summed E-state index contributed by atoms with van der Waals surface area (Å²) in [5.74, 6) is 0.294. The molecule has 0 saturated carbocycles. The molecule has 2 aromatic heterocycles. The summed E-state index contributed by atoms with van der Waals surface area (Å²) in [5.41, 5.74) is 4.42. The van der Waals surface area contributed by atoms with Gasteiger partial charge in [-0.05, 0) is 55.4 Å². The van der Waals surface area contributed by atoms with E-state index >= 15 is 0 Å². The van der Waals surface area contributed by atoms with Crippen molar-refractivity contribution in [3.63, 3.8) is 0 Å². The lowest BCUT2D eigenvalue weighted by Gasteiger charge is -2.40. The zero-order chi connectivity index (χ0) is 24.2. The number of nitrogens with zero attached hydrogens (tertiary/aromatic N) is 5. The summed E-state index contributed by atoms with van der Waals surface area (Å²) in [5, 5.41) is 26.5. The number of aliphatic hydroxyl groups excluding tert-OH is 1. The van der Waals surface area contributed by atoms with Gasteiger partial charge in [0, 0.05) is 24.0 Å². The third kappa shape index (κ3) is 4.10. The van der Waals surface area contributed by atoms with Gasteiger partial charge < -0.3 is 5.11 Å². The van der Waals surface area contributed by atoms with Crippen molar-refractivity contribution in [3.8, 4) is 17.1 Å². The number of para-hydroxylation sites is 1. The van der Waals surface area contributed by atoms with Crippen molar-refractivity contribution in [2.24, 2.45) is 0 Å². The number of hydrogen-bond donors (Lipinski definition) is 2. The number of rotatable bonds is 5. The molecule has 7 nitrogen and oxygen atoms in total. The number of aliphatic hydroxyl groups is 1. The van der Waals surface area contributed by atoms with Crippen molar-refractivity contribution < 1.29 is 18.3 Å². The summed E-state index contributed by atoms with van der Waals surface area (Å²) in [6.07, 6.45) is -1.63. The minimum absolute atomic E-state index is 0.0805. The Morgan fingerprint density at radius 2 is 1.74 bits per heavy atom. The van der Waals surface area contributed by atoms with E-state index in [1.54, 1.807) is 4.68 Å². The molecule has 3 atom stereocenters. The maximum absolute atomic E-state index is 12.9. The number of aromatic amines is 1. The van der Waals surface area contributed by atoms with Gasteiger partial charge in [-0.2, -0.15) is 18.3 Å². The molecule has 2 N–H and O–H groups in total. The van der Waals surface area contributed by atoms with Crippen LogP contribution in [0.25, 0.3) is 28.0 Å². The molecule has 2 aliphatic rings. The summed E-state index contributed by atoms with van der Waals surface area (Å²) in [6, 6.07) is 16.2. The number of nitrogens with one attached hydrogen (secondary N) is 1. The van der Waals surface area contributed by atoms with Crippen LogP contribution in [-0.4, -0.2) is 66.1 Å². The van der Waals surface area contributed by atoms with E-state index in [-0.39, 0.29) is 18.6 Å². The van der Waals surface area contributed by atoms with Gasteiger partial charge in [0.1, 0.15) is 11.4 Å². The molecule has 2 fully saturated rings. The van der Waals surface area contributed by atoms with Crippen LogP contribution in [0.2, 0.25) is 0 Å². The number of halogens is 3. The predicted octanol–water partition coefficient (Wildman–Crippen LogP) is 4.44. The maximum atomic E-state index is 12.9. The average Bonchev–Trinajstić information content (AvgIpc) is 3.54. The van der Waals surface area contributed by atoms with Gasteiger partial charge in [-0.3, -0.25) is 10.00 Å². The third-order valence-corrected chi connectivity index (χ3v) is 7.48. The van der Waals surface area contributed by atoms with Crippen LogP contribution in [0, 0.1) is 0 Å². The van der Waals surface area contributed by atoms with E-state index in [0.29, 0.717) is 11.6 Å². The van der Waals surface area contributed by atoms with Crippen molar-refractivity contribution >= 4 is 10.9 Å². The van der Waals surface area contributed by atoms with Crippen LogP contribution >= 0.6 is 0 Å². The highest BCUT2D eigenvalue weighted by atomic mass is 19.4. The summed E-state index contributed by atoms with van der Waals surface area (Å²) in [6.45, 7) is -0.329. The predicted molar refractivity (Wildman–Crippen MR) is 124 cm³/mol. The second-order valence-electron chi connectivity index (χ2n) is 9.57. The molecular formula is C25H25F3N6O. The molecule has 4 heterocycles. The van der Waals surface area contributed by atoms with Crippen molar-refractivity contribution in [2.75, 3.05) is 6.54 Å². The molecule has 4 aromatic rings. The van der Waals surface area contributed by atoms with E-state index in [1.165, 1.54) is 5.56 Å². The first kappa shape index (κ1) is 22.2. The van der Waals surface area contributed by atoms with Gasteiger partial charge in [-0.15, -0.1) is 5.10 Å². The van der Waals surface area contributed by atoms with Gasteiger partial charge in [0.25, 0.3) is 0 Å². The molecular weight excluding hydrogens is 457 g/mol. The molecule has 182 valence electrons. The quantitative estimate of drug-likeness (QED) is 0.439. The first-order valence-electron chi connectivity index (χ1n) is 11.8. The lowest BCUT2D eigenvalue weighted by Crippen LogP contribution is -2.49. The van der Waals surface area contributed by atoms with Crippen LogP contribution < -0.4 is 0 Å². The lowest BCUT2D eigenvalue weighted by molar-refractivity contribution is -0.210. The lowest BCUT2D eigenvalue weighted by atomic mass is 9.85. The first-order chi connectivity index (χ1) is 16.9. The number of benzene rings is 2. The highest BCUT2D eigenvalue weighted by molar-refractivity contribution is 5.91. The summed E-state index contributed by atoms with van der Waals surface area (Å²) >= 11 is 0. The van der Waals surface area contributed by atoms with Crippen LogP contribution in [0.1, 0.15) is 37.2 Å². The molecule has 0 radical (unpaired) electrons. The van der Waals surface area contributed by atoms with Gasteiger partial charge in [0.05, 0.1) is 17.4 Å². The molecule has 2 bridgehead atoms. The first-order valence-corrected chi connectivity index (χ1v) is 11.8. The van der Waals surface area contributed by atoms with Gasteiger partial charge in [-0.25, -0.2) is 4.68 Å². The topological polar surface area (TPSA) is 82.9 Å². The Bertz CT molecular complexity index is 1320. The Morgan fingerprint density at radius 3 is 2.46 bits per heavy atom. The number of alkyl halides is 3. The maximum Gasteiger partial charge on any atom is 0.415 e. The fourth-order valence-electron chi connectivity index (χ4n) is 5.70. The molecule has 3 unspecified atom stereocenters. The Labute approximate surface area is 199 Å². The van der Waals surface area contributed by atoms with Crippen LogP contribution in [0.15, 0.2) is 54.7 Å². The highest BCUT2D eigenvalue weighted by Crippen LogP contribution is 2.43. The molecule has 2 saturated heterocycles. The number of fused-ring (bicyclic) bond motifs is 3. The molecule has 0 spiro atoms. The molecule has 0 amide bonds. The minimum atomic E-state index is -4.57. The zero-order valence-electron chi connectivity index (χ0n) is 18.9. The van der Waals surface area contributed by atoms with E-state index in [1.807, 2.05) is 47.5 Å². The van der Waals surface area contributed by atoms with Gasteiger partial charge in [0.2, 0.25) is 0 Å². The monoisotopic (exact) mass is 482 g/mol. The number of hydrogen-bond acceptors (Lipinski definition) is 5.